The molecule has 1 aromatic carbocycles. The van der Waals surface area contributed by atoms with Gasteiger partial charge in [0.1, 0.15) is 5.69 Å². The standard InChI is InChI=1S/C27H31F2N5O2/c1-16-8-18(11-19(9-16)20(13-30)15-32-26(28)29)14-31-24(35)23-12-22(10-17(2)33-23)34-7-6-27(3,25(34)36)21-4-5-21/h8-13,15,21,26,30,32H,4-7,14H2,1-3H3,(H,31,35)/b20-15+,30-13?/t27-/m0/s1. The number of halogens is 2. The van der Waals surface area contributed by atoms with E-state index in [0.717, 1.165) is 42.8 Å². The van der Waals surface area contributed by atoms with Gasteiger partial charge < -0.3 is 20.9 Å². The van der Waals surface area contributed by atoms with Crippen LogP contribution < -0.4 is 15.5 Å². The predicted molar refractivity (Wildman–Crippen MR) is 135 cm³/mol. The number of nitrogens with one attached hydrogen (secondary N) is 3. The molecule has 2 amide bonds. The van der Waals surface area contributed by atoms with Gasteiger partial charge in [-0.25, -0.2) is 4.98 Å². The highest BCUT2D eigenvalue weighted by Crippen LogP contribution is 2.51. The van der Waals surface area contributed by atoms with Gasteiger partial charge in [0.2, 0.25) is 5.91 Å². The summed E-state index contributed by atoms with van der Waals surface area (Å²) in [4.78, 5) is 32.3. The van der Waals surface area contributed by atoms with Gasteiger partial charge in [-0.3, -0.25) is 9.59 Å². The number of anilines is 1. The third-order valence-corrected chi connectivity index (χ3v) is 6.99. The molecule has 2 aliphatic rings. The van der Waals surface area contributed by atoms with Crippen LogP contribution in [0.15, 0.2) is 36.5 Å². The van der Waals surface area contributed by atoms with Crippen molar-refractivity contribution in [3.8, 4) is 0 Å². The molecule has 0 unspecified atom stereocenters. The molecule has 0 spiro atoms. The molecule has 190 valence electrons. The molecule has 1 saturated carbocycles. The summed E-state index contributed by atoms with van der Waals surface area (Å²) >= 11 is 0. The van der Waals surface area contributed by atoms with Crippen LogP contribution in [0.1, 0.15) is 59.1 Å². The quantitative estimate of drug-likeness (QED) is 0.350. The molecule has 2 aromatic rings. The van der Waals surface area contributed by atoms with Crippen LogP contribution in [0.4, 0.5) is 14.5 Å². The molecule has 1 aliphatic heterocycles. The SMILES string of the molecule is Cc1cc(CNC(=O)c2cc(N3CC[C@@](C)(C4CC4)C3=O)cc(C)n2)cc(/C(C=N)=C/NC(F)F)c1. The van der Waals surface area contributed by atoms with Crippen LogP contribution in [0, 0.1) is 30.6 Å². The lowest BCUT2D eigenvalue weighted by Crippen LogP contribution is -2.34. The fourth-order valence-corrected chi connectivity index (χ4v) is 4.89. The molecule has 0 radical (unpaired) electrons. The van der Waals surface area contributed by atoms with E-state index in [0.29, 0.717) is 35.0 Å². The van der Waals surface area contributed by atoms with Crippen LogP contribution in [0.5, 0.6) is 0 Å². The zero-order chi connectivity index (χ0) is 26.0. The second kappa shape index (κ2) is 10.2. The molecule has 1 aromatic heterocycles. The van der Waals surface area contributed by atoms with Gasteiger partial charge in [0.25, 0.3) is 5.91 Å². The number of carbonyl (C=O) groups excluding carboxylic acids is 2. The monoisotopic (exact) mass is 495 g/mol. The Balaban J connectivity index is 1.49. The zero-order valence-electron chi connectivity index (χ0n) is 20.7. The van der Waals surface area contributed by atoms with Crippen molar-refractivity contribution in [2.45, 2.75) is 53.1 Å². The minimum atomic E-state index is -2.73. The van der Waals surface area contributed by atoms with E-state index in [4.69, 9.17) is 5.41 Å². The Hall–Kier alpha value is -3.62. The summed E-state index contributed by atoms with van der Waals surface area (Å²) in [5, 5.41) is 12.3. The van der Waals surface area contributed by atoms with Crippen LogP contribution >= 0.6 is 0 Å². The first-order valence-corrected chi connectivity index (χ1v) is 12.1. The van der Waals surface area contributed by atoms with E-state index in [1.807, 2.05) is 31.3 Å². The number of allylic oxidation sites excluding steroid dienone is 1. The van der Waals surface area contributed by atoms with Crippen molar-refractivity contribution in [1.82, 2.24) is 15.6 Å². The molecule has 7 nitrogen and oxygen atoms in total. The molecular weight excluding hydrogens is 464 g/mol. The average molecular weight is 496 g/mol. The minimum Gasteiger partial charge on any atom is -0.347 e. The Bertz CT molecular complexity index is 1220. The van der Waals surface area contributed by atoms with E-state index in [9.17, 15) is 18.4 Å². The van der Waals surface area contributed by atoms with Crippen LogP contribution in [-0.4, -0.2) is 36.1 Å². The highest BCUT2D eigenvalue weighted by Gasteiger charge is 2.52. The van der Waals surface area contributed by atoms with E-state index >= 15 is 0 Å². The van der Waals surface area contributed by atoms with Crippen LogP contribution in [0.2, 0.25) is 0 Å². The molecule has 4 rings (SSSR count). The predicted octanol–water partition coefficient (Wildman–Crippen LogP) is 4.58. The number of pyridine rings is 1. The van der Waals surface area contributed by atoms with Gasteiger partial charge in [-0.15, -0.1) is 0 Å². The molecule has 1 saturated heterocycles. The van der Waals surface area contributed by atoms with Gasteiger partial charge in [-0.1, -0.05) is 24.6 Å². The first-order chi connectivity index (χ1) is 17.1. The summed E-state index contributed by atoms with van der Waals surface area (Å²) in [6.45, 7) is 3.79. The topological polar surface area (TPSA) is 98.2 Å². The third kappa shape index (κ3) is 5.45. The number of alkyl halides is 2. The Labute approximate surface area is 209 Å². The summed E-state index contributed by atoms with van der Waals surface area (Å²) in [5.41, 5.74) is 3.75. The summed E-state index contributed by atoms with van der Waals surface area (Å²) in [7, 11) is 0. The van der Waals surface area contributed by atoms with Crippen LogP contribution in [-0.2, 0) is 11.3 Å². The van der Waals surface area contributed by atoms with Crippen molar-refractivity contribution in [2.24, 2.45) is 11.3 Å². The zero-order valence-corrected chi connectivity index (χ0v) is 20.7. The molecule has 1 atom stereocenters. The highest BCUT2D eigenvalue weighted by atomic mass is 19.3. The largest absolute Gasteiger partial charge is 0.347 e. The summed E-state index contributed by atoms with van der Waals surface area (Å²) in [6, 6.07) is 8.90. The summed E-state index contributed by atoms with van der Waals surface area (Å²) in [6.07, 6.45) is 5.10. The Morgan fingerprint density at radius 1 is 1.25 bits per heavy atom. The number of carbonyl (C=O) groups is 2. The number of hydrogen-bond acceptors (Lipinski definition) is 5. The van der Waals surface area contributed by atoms with Crippen molar-refractivity contribution >= 4 is 29.3 Å². The number of amides is 2. The maximum Gasteiger partial charge on any atom is 0.312 e. The number of benzene rings is 1. The van der Waals surface area contributed by atoms with Crippen molar-refractivity contribution in [2.75, 3.05) is 11.4 Å². The van der Waals surface area contributed by atoms with Gasteiger partial charge >= 0.3 is 6.55 Å². The van der Waals surface area contributed by atoms with Crippen molar-refractivity contribution in [1.29, 1.82) is 5.41 Å². The fourth-order valence-electron chi connectivity index (χ4n) is 4.89. The van der Waals surface area contributed by atoms with Gasteiger partial charge in [0.05, 0.1) is 5.41 Å². The van der Waals surface area contributed by atoms with E-state index in [1.54, 1.807) is 30.0 Å². The summed E-state index contributed by atoms with van der Waals surface area (Å²) in [5.74, 6) is 0.196. The van der Waals surface area contributed by atoms with E-state index in [1.165, 1.54) is 0 Å². The number of nitrogens with zero attached hydrogens (tertiary/aromatic N) is 2. The first kappa shape index (κ1) is 25.5. The van der Waals surface area contributed by atoms with Crippen molar-refractivity contribution in [3.05, 3.63) is 64.6 Å². The molecule has 2 fully saturated rings. The normalized spacial score (nSPS) is 20.1. The Morgan fingerprint density at radius 2 is 2.00 bits per heavy atom. The number of aryl methyl sites for hydroxylation is 2. The van der Waals surface area contributed by atoms with Gasteiger partial charge in [-0.05, 0) is 68.4 Å². The second-order valence-corrected chi connectivity index (χ2v) is 9.85. The minimum absolute atomic E-state index is 0.116. The molecule has 2 heterocycles. The third-order valence-electron chi connectivity index (χ3n) is 6.99. The van der Waals surface area contributed by atoms with Crippen molar-refractivity contribution in [3.63, 3.8) is 0 Å². The van der Waals surface area contributed by atoms with E-state index in [-0.39, 0.29) is 29.5 Å². The Kier molecular flexibility index (Phi) is 7.19. The van der Waals surface area contributed by atoms with E-state index in [2.05, 4.69) is 10.3 Å². The lowest BCUT2D eigenvalue weighted by molar-refractivity contribution is -0.125. The number of aromatic nitrogens is 1. The maximum absolute atomic E-state index is 13.2. The van der Waals surface area contributed by atoms with Gasteiger partial charge in [0, 0.05) is 42.5 Å². The molecule has 36 heavy (non-hydrogen) atoms. The number of hydrogen-bond donors (Lipinski definition) is 3. The fraction of sp³-hybridized carbons (Fsp3) is 0.407. The lowest BCUT2D eigenvalue weighted by atomic mass is 9.83. The molecule has 1 aliphatic carbocycles. The highest BCUT2D eigenvalue weighted by molar-refractivity contribution is 6.08. The molecular formula is C27H31F2N5O2. The first-order valence-electron chi connectivity index (χ1n) is 12.1. The smallest absolute Gasteiger partial charge is 0.312 e. The van der Waals surface area contributed by atoms with Crippen LogP contribution in [0.3, 0.4) is 0 Å². The van der Waals surface area contributed by atoms with E-state index < -0.39 is 6.55 Å². The van der Waals surface area contributed by atoms with Crippen molar-refractivity contribution < 1.29 is 18.4 Å². The molecule has 9 heteroatoms. The number of rotatable bonds is 9. The summed E-state index contributed by atoms with van der Waals surface area (Å²) < 4.78 is 25.0. The maximum atomic E-state index is 13.2. The van der Waals surface area contributed by atoms with Gasteiger partial charge in [0.15, 0.2) is 0 Å². The molecule has 0 bridgehead atoms. The molecule has 3 N–H and O–H groups in total. The van der Waals surface area contributed by atoms with Gasteiger partial charge in [-0.2, -0.15) is 8.78 Å². The lowest BCUT2D eigenvalue weighted by Gasteiger charge is -2.23. The Morgan fingerprint density at radius 3 is 2.67 bits per heavy atom. The average Bonchev–Trinajstić information content (AvgIpc) is 3.64. The van der Waals surface area contributed by atoms with Crippen LogP contribution in [0.25, 0.3) is 5.57 Å². The second-order valence-electron chi connectivity index (χ2n) is 9.85.